The summed E-state index contributed by atoms with van der Waals surface area (Å²) < 4.78 is 0. The van der Waals surface area contributed by atoms with Crippen molar-refractivity contribution in [1.29, 1.82) is 0 Å². The molecule has 4 N–H and O–H groups in total. The van der Waals surface area contributed by atoms with Gasteiger partial charge in [-0.05, 0) is 19.3 Å². The molecule has 1 unspecified atom stereocenters. The van der Waals surface area contributed by atoms with Gasteiger partial charge in [-0.3, -0.25) is 9.59 Å². The zero-order chi connectivity index (χ0) is 36.6. The fraction of sp³-hybridized carbons (Fsp3) is 0.929. The maximum absolute atomic E-state index is 11.7. The monoisotopic (exact) mass is 698 g/mol. The number of aliphatic hydroxyl groups excluding tert-OH is 1. The van der Waals surface area contributed by atoms with Crippen molar-refractivity contribution in [3.63, 3.8) is 0 Å². The minimum atomic E-state index is -1.35. The molecule has 7 heteroatoms. The summed E-state index contributed by atoms with van der Waals surface area (Å²) in [4.78, 5) is 33.2. The highest BCUT2D eigenvalue weighted by Gasteiger charge is 2.22. The van der Waals surface area contributed by atoms with Crippen LogP contribution in [0.15, 0.2) is 0 Å². The molecule has 2 atom stereocenters. The smallest absolute Gasteiger partial charge is 0.326 e. The topological polar surface area (TPSA) is 124 Å². The molecule has 0 aromatic rings. The number of carboxylic acid groups (broad SMARTS) is 2. The van der Waals surface area contributed by atoms with Gasteiger partial charge in [-0.2, -0.15) is 0 Å². The van der Waals surface area contributed by atoms with Gasteiger partial charge in [-0.15, -0.1) is 0 Å². The molecule has 0 bridgehead atoms. The quantitative estimate of drug-likeness (QED) is 0.0479. The van der Waals surface area contributed by atoms with Crippen LogP contribution in [0.4, 0.5) is 0 Å². The fourth-order valence-corrected chi connectivity index (χ4v) is 6.29. The van der Waals surface area contributed by atoms with Crippen LogP contribution in [0.1, 0.15) is 239 Å². The molecule has 0 aliphatic heterocycles. The van der Waals surface area contributed by atoms with Gasteiger partial charge in [-0.25, -0.2) is 4.79 Å². The minimum Gasteiger partial charge on any atom is -0.481 e. The van der Waals surface area contributed by atoms with Gasteiger partial charge in [0.1, 0.15) is 6.04 Å². The second-order valence-corrected chi connectivity index (χ2v) is 14.6. The van der Waals surface area contributed by atoms with Crippen molar-refractivity contribution in [2.75, 3.05) is 0 Å². The van der Waals surface area contributed by atoms with Crippen molar-refractivity contribution in [2.24, 2.45) is 0 Å². The average molecular weight is 698 g/mol. The summed E-state index contributed by atoms with van der Waals surface area (Å²) in [5.41, 5.74) is 0. The van der Waals surface area contributed by atoms with Crippen molar-refractivity contribution in [3.8, 4) is 0 Å². The lowest BCUT2D eigenvalue weighted by atomic mass is 10.0. The molecule has 0 aliphatic rings. The number of unbranched alkanes of at least 4 members (excludes halogenated alkanes) is 27. The number of nitrogens with one attached hydrogen (secondary N) is 1. The Bertz CT molecular complexity index is 715. The first kappa shape index (κ1) is 49.5. The lowest BCUT2D eigenvalue weighted by molar-refractivity contribution is -0.147. The van der Waals surface area contributed by atoms with Crippen molar-refractivity contribution >= 4 is 17.8 Å². The van der Waals surface area contributed by atoms with E-state index in [-0.39, 0.29) is 18.4 Å². The molecule has 1 amide bonds. The van der Waals surface area contributed by atoms with Gasteiger partial charge in [-0.1, -0.05) is 207 Å². The summed E-state index contributed by atoms with van der Waals surface area (Å²) in [6.07, 6.45) is 40.7. The van der Waals surface area contributed by atoms with Crippen LogP contribution in [0.5, 0.6) is 0 Å². The van der Waals surface area contributed by atoms with E-state index < -0.39 is 24.4 Å². The standard InChI is InChI=1S/C22H41NO5.C20H42O/c1-2-3-4-5-6-7-8-9-10-11-12-13-14-15-16-17-20(24)23-19(22(27)28)18-21(25)26;1-3-5-7-9-11-12-13-15-17-19-20(21)18-16-14-10-8-6-4-2/h19H,2-18H2,1H3,(H,23,24)(H,25,26)(H,27,28);20-21H,3-19H2,1-2H3/t19-;/m0./s1. The van der Waals surface area contributed by atoms with E-state index in [4.69, 9.17) is 10.2 Å². The molecular formula is C42H83NO6. The van der Waals surface area contributed by atoms with Gasteiger partial charge in [0.15, 0.2) is 0 Å². The minimum absolute atomic E-state index is 0.0271. The number of carbonyl (C=O) groups excluding carboxylic acids is 1. The summed E-state index contributed by atoms with van der Waals surface area (Å²) in [6.45, 7) is 6.78. The van der Waals surface area contributed by atoms with Crippen molar-refractivity contribution in [3.05, 3.63) is 0 Å². The normalized spacial score (nSPS) is 12.2. The van der Waals surface area contributed by atoms with Gasteiger partial charge in [0.05, 0.1) is 12.5 Å². The molecule has 49 heavy (non-hydrogen) atoms. The van der Waals surface area contributed by atoms with E-state index in [0.717, 1.165) is 25.7 Å². The first-order valence-corrected chi connectivity index (χ1v) is 21.2. The molecule has 0 heterocycles. The lowest BCUT2D eigenvalue weighted by Gasteiger charge is -2.12. The Balaban J connectivity index is 0. The maximum atomic E-state index is 11.7. The first-order valence-electron chi connectivity index (χ1n) is 21.2. The van der Waals surface area contributed by atoms with Gasteiger partial charge in [0, 0.05) is 6.42 Å². The SMILES string of the molecule is CCCCCCCCCCCC(O)CCCCCCCC.CCCCCCCCCCCCCCCCCC(=O)N[C@@H](CC(=O)O)C(=O)O. The first-order chi connectivity index (χ1) is 23.8. The van der Waals surface area contributed by atoms with Gasteiger partial charge in [0.25, 0.3) is 0 Å². The summed E-state index contributed by atoms with van der Waals surface area (Å²) >= 11 is 0. The van der Waals surface area contributed by atoms with Crippen LogP contribution >= 0.6 is 0 Å². The van der Waals surface area contributed by atoms with Crippen LogP contribution < -0.4 is 5.32 Å². The molecule has 0 saturated heterocycles. The van der Waals surface area contributed by atoms with E-state index in [2.05, 4.69) is 26.1 Å². The van der Waals surface area contributed by atoms with Gasteiger partial charge < -0.3 is 20.6 Å². The van der Waals surface area contributed by atoms with Crippen LogP contribution in [0.2, 0.25) is 0 Å². The van der Waals surface area contributed by atoms with E-state index in [0.29, 0.717) is 6.42 Å². The highest BCUT2D eigenvalue weighted by molar-refractivity contribution is 5.86. The van der Waals surface area contributed by atoms with Crippen molar-refractivity contribution in [1.82, 2.24) is 5.32 Å². The number of hydrogen-bond donors (Lipinski definition) is 4. The summed E-state index contributed by atoms with van der Waals surface area (Å²) in [6, 6.07) is -1.35. The van der Waals surface area contributed by atoms with Crippen molar-refractivity contribution in [2.45, 2.75) is 251 Å². The van der Waals surface area contributed by atoms with Crippen LogP contribution in [-0.2, 0) is 14.4 Å². The summed E-state index contributed by atoms with van der Waals surface area (Å²) in [7, 11) is 0. The Morgan fingerprint density at radius 3 is 1.02 bits per heavy atom. The number of carboxylic acids is 2. The number of rotatable bonds is 37. The van der Waals surface area contributed by atoms with Gasteiger partial charge in [0.2, 0.25) is 5.91 Å². The highest BCUT2D eigenvalue weighted by Crippen LogP contribution is 2.16. The third-order valence-electron chi connectivity index (χ3n) is 9.55. The second-order valence-electron chi connectivity index (χ2n) is 14.6. The zero-order valence-corrected chi connectivity index (χ0v) is 32.8. The number of aliphatic hydroxyl groups is 1. The summed E-state index contributed by atoms with van der Waals surface area (Å²) in [5, 5.41) is 29.8. The van der Waals surface area contributed by atoms with Crippen LogP contribution in [-0.4, -0.2) is 45.3 Å². The molecular weight excluding hydrogens is 614 g/mol. The second kappa shape index (κ2) is 40.8. The third-order valence-corrected chi connectivity index (χ3v) is 9.55. The van der Waals surface area contributed by atoms with E-state index in [1.165, 1.54) is 173 Å². The Labute approximate surface area is 303 Å². The van der Waals surface area contributed by atoms with E-state index in [1.54, 1.807) is 0 Å². The van der Waals surface area contributed by atoms with E-state index >= 15 is 0 Å². The average Bonchev–Trinajstić information content (AvgIpc) is 3.07. The predicted molar refractivity (Wildman–Crippen MR) is 207 cm³/mol. The molecule has 0 aromatic heterocycles. The zero-order valence-electron chi connectivity index (χ0n) is 32.8. The maximum Gasteiger partial charge on any atom is 0.326 e. The number of aliphatic carboxylic acids is 2. The molecule has 0 spiro atoms. The lowest BCUT2D eigenvalue weighted by Crippen LogP contribution is -2.42. The molecule has 0 rings (SSSR count). The fourth-order valence-electron chi connectivity index (χ4n) is 6.29. The molecule has 0 aromatic carbocycles. The molecule has 0 fully saturated rings. The Kier molecular flexibility index (Phi) is 41.2. The molecule has 0 aliphatic carbocycles. The number of amides is 1. The Morgan fingerprint density at radius 1 is 0.449 bits per heavy atom. The molecule has 7 nitrogen and oxygen atoms in total. The highest BCUT2D eigenvalue weighted by atomic mass is 16.4. The van der Waals surface area contributed by atoms with Crippen LogP contribution in [0.3, 0.4) is 0 Å². The Morgan fingerprint density at radius 2 is 0.735 bits per heavy atom. The van der Waals surface area contributed by atoms with Crippen molar-refractivity contribution < 1.29 is 29.7 Å². The summed E-state index contributed by atoms with van der Waals surface area (Å²) in [5.74, 6) is -2.93. The van der Waals surface area contributed by atoms with E-state index in [9.17, 15) is 19.5 Å². The number of carbonyl (C=O) groups is 3. The van der Waals surface area contributed by atoms with E-state index in [1.807, 2.05) is 0 Å². The molecule has 0 radical (unpaired) electrons. The van der Waals surface area contributed by atoms with Gasteiger partial charge >= 0.3 is 11.9 Å². The van der Waals surface area contributed by atoms with Crippen LogP contribution in [0, 0.1) is 0 Å². The number of hydrogen-bond acceptors (Lipinski definition) is 4. The third kappa shape index (κ3) is 42.5. The molecule has 0 saturated carbocycles. The molecule has 292 valence electrons. The Hall–Kier alpha value is -1.63. The van der Waals surface area contributed by atoms with Crippen LogP contribution in [0.25, 0.3) is 0 Å². The predicted octanol–water partition coefficient (Wildman–Crippen LogP) is 12.3. The largest absolute Gasteiger partial charge is 0.481 e.